The minimum absolute atomic E-state index is 0.0213. The molecule has 4 aromatic rings. The van der Waals surface area contributed by atoms with Crippen LogP contribution in [0.3, 0.4) is 0 Å². The number of rotatable bonds is 7. The first-order valence-electron chi connectivity index (χ1n) is 12.2. The Labute approximate surface area is 232 Å². The molecule has 1 aliphatic rings. The number of nitrogens with one attached hydrogen (secondary N) is 1. The van der Waals surface area contributed by atoms with Crippen LogP contribution in [-0.2, 0) is 16.2 Å². The summed E-state index contributed by atoms with van der Waals surface area (Å²) >= 11 is 5.96. The van der Waals surface area contributed by atoms with E-state index in [-0.39, 0.29) is 27.9 Å². The molecular weight excluding hydrogens is 569 g/mol. The molecule has 3 aromatic carbocycles. The number of aromatic nitrogens is 3. The van der Waals surface area contributed by atoms with Crippen LogP contribution < -0.4 is 11.0 Å². The molecule has 0 spiro atoms. The van der Waals surface area contributed by atoms with Crippen LogP contribution >= 0.6 is 11.6 Å². The molecule has 5 rings (SSSR count). The maximum atomic E-state index is 13.4. The van der Waals surface area contributed by atoms with Gasteiger partial charge in [0, 0.05) is 22.2 Å². The maximum Gasteiger partial charge on any atom is 0.416 e. The molecule has 0 saturated heterocycles. The molecule has 1 N–H and O–H groups in total. The molecule has 0 bridgehead atoms. The van der Waals surface area contributed by atoms with Crippen LogP contribution in [0, 0.1) is 0 Å². The van der Waals surface area contributed by atoms with Crippen molar-refractivity contribution in [2.45, 2.75) is 42.9 Å². The van der Waals surface area contributed by atoms with Crippen molar-refractivity contribution in [2.24, 2.45) is 0 Å². The van der Waals surface area contributed by atoms with Crippen molar-refractivity contribution in [3.8, 4) is 11.4 Å². The second kappa shape index (κ2) is 10.3. The van der Waals surface area contributed by atoms with Gasteiger partial charge >= 0.3 is 11.9 Å². The fourth-order valence-electron chi connectivity index (χ4n) is 4.34. The van der Waals surface area contributed by atoms with E-state index in [1.165, 1.54) is 41.8 Å². The standard InChI is InChI=1S/C27H22ClF3N4O4S/c1-16(22-4-2-3-5-23(22)27(29,30)31)32-25(36)18-8-14-21(15-9-18)40(38,39)35-26(37)34(20-12-13-20)24(33-35)17-6-10-19(28)11-7-17/h2-11,14-16,20H,12-13H2,1H3,(H,32,36)/t16-/m0/s1. The summed E-state index contributed by atoms with van der Waals surface area (Å²) in [7, 11) is -4.43. The molecule has 1 amide bonds. The number of hydrogen-bond donors (Lipinski definition) is 1. The van der Waals surface area contributed by atoms with Gasteiger partial charge in [-0.1, -0.05) is 33.9 Å². The second-order valence-electron chi connectivity index (χ2n) is 9.37. The van der Waals surface area contributed by atoms with Crippen LogP contribution in [0.4, 0.5) is 13.2 Å². The lowest BCUT2D eigenvalue weighted by Crippen LogP contribution is -2.30. The van der Waals surface area contributed by atoms with Gasteiger partial charge in [-0.05, 0) is 79.9 Å². The van der Waals surface area contributed by atoms with E-state index in [1.54, 1.807) is 24.3 Å². The second-order valence-corrected chi connectivity index (χ2v) is 11.6. The zero-order chi connectivity index (χ0) is 28.8. The Morgan fingerprint density at radius 3 is 2.25 bits per heavy atom. The van der Waals surface area contributed by atoms with Crippen LogP contribution in [0.2, 0.25) is 5.02 Å². The molecule has 40 heavy (non-hydrogen) atoms. The van der Waals surface area contributed by atoms with Gasteiger partial charge in [-0.25, -0.2) is 4.79 Å². The normalized spacial score (nSPS) is 14.6. The van der Waals surface area contributed by atoms with Gasteiger partial charge in [0.15, 0.2) is 5.82 Å². The van der Waals surface area contributed by atoms with Crippen LogP contribution in [0.25, 0.3) is 11.4 Å². The molecule has 0 aliphatic heterocycles. The molecule has 8 nitrogen and oxygen atoms in total. The van der Waals surface area contributed by atoms with Crippen LogP contribution in [-0.4, -0.2) is 28.1 Å². The van der Waals surface area contributed by atoms with Gasteiger partial charge in [0.2, 0.25) is 0 Å². The number of alkyl halides is 3. The van der Waals surface area contributed by atoms with Crippen molar-refractivity contribution in [2.75, 3.05) is 0 Å². The summed E-state index contributed by atoms with van der Waals surface area (Å²) in [6.07, 6.45) is -3.17. The first-order chi connectivity index (χ1) is 18.9. The average molecular weight is 591 g/mol. The summed E-state index contributed by atoms with van der Waals surface area (Å²) in [5.41, 5.74) is -1.24. The topological polar surface area (TPSA) is 103 Å². The number of amides is 1. The van der Waals surface area contributed by atoms with Gasteiger partial charge in [0.1, 0.15) is 0 Å². The smallest absolute Gasteiger partial charge is 0.346 e. The van der Waals surface area contributed by atoms with E-state index in [0.29, 0.717) is 27.5 Å². The number of nitrogens with zero attached hydrogens (tertiary/aromatic N) is 3. The van der Waals surface area contributed by atoms with Crippen LogP contribution in [0.5, 0.6) is 0 Å². The van der Waals surface area contributed by atoms with Crippen molar-refractivity contribution >= 4 is 27.5 Å². The molecule has 1 fully saturated rings. The lowest BCUT2D eigenvalue weighted by molar-refractivity contribution is -0.138. The third-order valence-electron chi connectivity index (χ3n) is 6.52. The lowest BCUT2D eigenvalue weighted by atomic mass is 10.0. The minimum atomic E-state index is -4.59. The Morgan fingerprint density at radius 2 is 1.65 bits per heavy atom. The average Bonchev–Trinajstić information content (AvgIpc) is 3.70. The molecule has 0 radical (unpaired) electrons. The van der Waals surface area contributed by atoms with Crippen molar-refractivity contribution in [3.63, 3.8) is 0 Å². The zero-order valence-corrected chi connectivity index (χ0v) is 22.5. The summed E-state index contributed by atoms with van der Waals surface area (Å²) < 4.78 is 68.7. The Kier molecular flexibility index (Phi) is 7.09. The van der Waals surface area contributed by atoms with Crippen LogP contribution in [0.15, 0.2) is 82.5 Å². The molecule has 0 unspecified atom stereocenters. The Hall–Kier alpha value is -3.90. The quantitative estimate of drug-likeness (QED) is 0.308. The molecule has 1 aliphatic carbocycles. The molecule has 13 heteroatoms. The van der Waals surface area contributed by atoms with Gasteiger partial charge in [0.25, 0.3) is 15.9 Å². The lowest BCUT2D eigenvalue weighted by Gasteiger charge is -2.19. The number of carbonyl (C=O) groups is 1. The highest BCUT2D eigenvalue weighted by Gasteiger charge is 2.35. The third kappa shape index (κ3) is 5.28. The maximum absolute atomic E-state index is 13.4. The zero-order valence-electron chi connectivity index (χ0n) is 20.9. The summed E-state index contributed by atoms with van der Waals surface area (Å²) in [6.45, 7) is 1.42. The predicted octanol–water partition coefficient (Wildman–Crippen LogP) is 5.45. The molecule has 1 saturated carbocycles. The number of hydrogen-bond acceptors (Lipinski definition) is 5. The Balaban J connectivity index is 1.41. The number of halogens is 4. The van der Waals surface area contributed by atoms with E-state index < -0.39 is 39.4 Å². The monoisotopic (exact) mass is 590 g/mol. The van der Waals surface area contributed by atoms with E-state index in [9.17, 15) is 31.2 Å². The van der Waals surface area contributed by atoms with E-state index in [2.05, 4.69) is 10.4 Å². The van der Waals surface area contributed by atoms with Gasteiger partial charge in [-0.2, -0.15) is 21.6 Å². The van der Waals surface area contributed by atoms with Gasteiger partial charge in [-0.15, -0.1) is 5.10 Å². The van der Waals surface area contributed by atoms with Crippen LogP contribution in [0.1, 0.15) is 53.3 Å². The summed E-state index contributed by atoms with van der Waals surface area (Å²) in [6, 6.07) is 15.0. The molecular formula is C27H22ClF3N4O4S. The summed E-state index contributed by atoms with van der Waals surface area (Å²) in [5.74, 6) is -0.509. The predicted molar refractivity (Wildman–Crippen MR) is 142 cm³/mol. The van der Waals surface area contributed by atoms with E-state index >= 15 is 0 Å². The number of benzene rings is 3. The van der Waals surface area contributed by atoms with Crippen molar-refractivity contribution in [1.29, 1.82) is 0 Å². The Morgan fingerprint density at radius 1 is 1.02 bits per heavy atom. The van der Waals surface area contributed by atoms with E-state index in [1.807, 2.05) is 0 Å². The molecule has 1 heterocycles. The fraction of sp³-hybridized carbons (Fsp3) is 0.222. The molecule has 1 aromatic heterocycles. The number of carbonyl (C=O) groups excluding carboxylic acids is 1. The van der Waals surface area contributed by atoms with Crippen molar-refractivity contribution in [3.05, 3.63) is 105 Å². The van der Waals surface area contributed by atoms with Crippen molar-refractivity contribution in [1.82, 2.24) is 19.1 Å². The SMILES string of the molecule is C[C@H](NC(=O)c1ccc(S(=O)(=O)n2nc(-c3ccc(Cl)cc3)n(C3CC3)c2=O)cc1)c1ccccc1C(F)(F)F. The first-order valence-corrected chi connectivity index (χ1v) is 14.0. The molecule has 208 valence electrons. The summed E-state index contributed by atoms with van der Waals surface area (Å²) in [4.78, 5) is 25.7. The van der Waals surface area contributed by atoms with Gasteiger partial charge in [0.05, 0.1) is 16.5 Å². The highest BCUT2D eigenvalue weighted by atomic mass is 35.5. The largest absolute Gasteiger partial charge is 0.416 e. The van der Waals surface area contributed by atoms with E-state index in [0.717, 1.165) is 18.2 Å². The first kappa shape index (κ1) is 27.7. The molecule has 1 atom stereocenters. The highest BCUT2D eigenvalue weighted by molar-refractivity contribution is 7.89. The Bertz CT molecular complexity index is 1740. The van der Waals surface area contributed by atoms with Gasteiger partial charge in [-0.3, -0.25) is 9.36 Å². The fourth-order valence-corrected chi connectivity index (χ4v) is 5.63. The summed E-state index contributed by atoms with van der Waals surface area (Å²) in [5, 5.41) is 7.12. The van der Waals surface area contributed by atoms with E-state index in [4.69, 9.17) is 11.6 Å². The van der Waals surface area contributed by atoms with Crippen molar-refractivity contribution < 1.29 is 26.4 Å². The third-order valence-corrected chi connectivity index (χ3v) is 8.33. The minimum Gasteiger partial charge on any atom is -0.346 e. The highest BCUT2D eigenvalue weighted by Crippen LogP contribution is 2.37. The van der Waals surface area contributed by atoms with Gasteiger partial charge < -0.3 is 5.32 Å².